The molecule has 0 spiro atoms. The first-order valence-corrected chi connectivity index (χ1v) is 7.82. The van der Waals surface area contributed by atoms with Gasteiger partial charge in [-0.2, -0.15) is 5.10 Å². The number of thiophene rings is 1. The molecule has 21 heavy (non-hydrogen) atoms. The van der Waals surface area contributed by atoms with Crippen LogP contribution in [0.4, 0.5) is 4.39 Å². The van der Waals surface area contributed by atoms with E-state index in [2.05, 4.69) is 21.0 Å². The van der Waals surface area contributed by atoms with Crippen LogP contribution in [0.2, 0.25) is 0 Å². The van der Waals surface area contributed by atoms with Crippen LogP contribution in [0.15, 0.2) is 40.3 Å². The average molecular weight is 365 g/mol. The molecule has 0 fully saturated rings. The van der Waals surface area contributed by atoms with Crippen LogP contribution in [0.3, 0.4) is 0 Å². The summed E-state index contributed by atoms with van der Waals surface area (Å²) >= 11 is 4.96. The second-order valence-electron chi connectivity index (χ2n) is 4.52. The first-order chi connectivity index (χ1) is 10.1. The van der Waals surface area contributed by atoms with Crippen LogP contribution >= 0.6 is 27.3 Å². The summed E-state index contributed by atoms with van der Waals surface area (Å²) in [6, 6.07) is 6.39. The van der Waals surface area contributed by atoms with Crippen molar-refractivity contribution in [2.45, 2.75) is 6.92 Å². The zero-order valence-corrected chi connectivity index (χ0v) is 13.4. The number of benzene rings is 1. The van der Waals surface area contributed by atoms with Crippen LogP contribution in [0.25, 0.3) is 16.3 Å². The highest BCUT2D eigenvalue weighted by atomic mass is 79.9. The van der Waals surface area contributed by atoms with Crippen molar-refractivity contribution in [2.24, 2.45) is 0 Å². The van der Waals surface area contributed by atoms with Crippen molar-refractivity contribution >= 4 is 33.6 Å². The van der Waals surface area contributed by atoms with E-state index in [0.717, 1.165) is 26.9 Å². The number of hydrogen-bond acceptors (Lipinski definition) is 3. The lowest BCUT2D eigenvalue weighted by atomic mass is 10.2. The van der Waals surface area contributed by atoms with Crippen LogP contribution in [0.1, 0.15) is 15.9 Å². The number of aromatic nitrogens is 2. The fraction of sp³-hybridized carbons (Fsp3) is 0.0667. The molecule has 0 saturated carbocycles. The van der Waals surface area contributed by atoms with Crippen LogP contribution in [0, 0.1) is 12.7 Å². The summed E-state index contributed by atoms with van der Waals surface area (Å²) in [5.74, 6) is -0.291. The molecule has 0 aliphatic rings. The summed E-state index contributed by atoms with van der Waals surface area (Å²) < 4.78 is 15.7. The van der Waals surface area contributed by atoms with Gasteiger partial charge in [-0.25, -0.2) is 9.07 Å². The smallest absolute Gasteiger partial charge is 0.153 e. The first kappa shape index (κ1) is 14.2. The third kappa shape index (κ3) is 2.56. The van der Waals surface area contributed by atoms with Crippen molar-refractivity contribution < 1.29 is 9.18 Å². The molecular formula is C15H10BrFN2OS. The van der Waals surface area contributed by atoms with Gasteiger partial charge in [0.05, 0.1) is 16.1 Å². The number of aldehydes is 1. The van der Waals surface area contributed by atoms with Gasteiger partial charge >= 0.3 is 0 Å². The van der Waals surface area contributed by atoms with Gasteiger partial charge in [0, 0.05) is 10.7 Å². The van der Waals surface area contributed by atoms with Gasteiger partial charge in [-0.05, 0) is 58.1 Å². The van der Waals surface area contributed by atoms with Crippen LogP contribution in [-0.2, 0) is 0 Å². The Kier molecular flexibility index (Phi) is 3.73. The predicted molar refractivity (Wildman–Crippen MR) is 84.7 cm³/mol. The maximum Gasteiger partial charge on any atom is 0.153 e. The minimum absolute atomic E-state index is 0.291. The van der Waals surface area contributed by atoms with Crippen molar-refractivity contribution in [1.29, 1.82) is 0 Å². The van der Waals surface area contributed by atoms with Gasteiger partial charge in [0.15, 0.2) is 6.29 Å². The molecule has 2 aromatic heterocycles. The first-order valence-electron chi connectivity index (χ1n) is 6.15. The Morgan fingerprint density at radius 2 is 2.19 bits per heavy atom. The Hall–Kier alpha value is -1.79. The third-order valence-corrected chi connectivity index (χ3v) is 4.95. The molecule has 3 nitrogen and oxygen atoms in total. The fourth-order valence-electron chi connectivity index (χ4n) is 2.11. The summed E-state index contributed by atoms with van der Waals surface area (Å²) in [6.07, 6.45) is 2.44. The van der Waals surface area contributed by atoms with E-state index >= 15 is 0 Å². The normalized spacial score (nSPS) is 10.8. The third-order valence-electron chi connectivity index (χ3n) is 3.11. The van der Waals surface area contributed by atoms with Gasteiger partial charge in [-0.3, -0.25) is 4.79 Å². The van der Waals surface area contributed by atoms with Crippen LogP contribution < -0.4 is 0 Å². The van der Waals surface area contributed by atoms with E-state index in [1.807, 2.05) is 11.4 Å². The molecule has 6 heteroatoms. The van der Waals surface area contributed by atoms with E-state index in [1.54, 1.807) is 23.9 Å². The van der Waals surface area contributed by atoms with Gasteiger partial charge in [-0.15, -0.1) is 11.3 Å². The molecule has 0 amide bonds. The number of rotatable bonds is 3. The molecule has 0 radical (unpaired) electrons. The summed E-state index contributed by atoms with van der Waals surface area (Å²) in [4.78, 5) is 12.2. The molecule has 0 saturated heterocycles. The Labute approximate surface area is 133 Å². The van der Waals surface area contributed by atoms with Gasteiger partial charge in [0.25, 0.3) is 0 Å². The van der Waals surface area contributed by atoms with Crippen LogP contribution in [0.5, 0.6) is 0 Å². The number of halogens is 2. The molecule has 0 atom stereocenters. The Morgan fingerprint density at radius 1 is 1.38 bits per heavy atom. The van der Waals surface area contributed by atoms with Crippen molar-refractivity contribution in [3.63, 3.8) is 0 Å². The lowest BCUT2D eigenvalue weighted by Gasteiger charge is -2.05. The molecule has 0 aliphatic carbocycles. The summed E-state index contributed by atoms with van der Waals surface area (Å²) in [7, 11) is 0. The van der Waals surface area contributed by atoms with Gasteiger partial charge < -0.3 is 0 Å². The second kappa shape index (κ2) is 5.54. The molecule has 0 N–H and O–H groups in total. The minimum Gasteiger partial charge on any atom is -0.298 e. The summed E-state index contributed by atoms with van der Waals surface area (Å²) in [5, 5.41) is 6.42. The molecular weight excluding hydrogens is 355 g/mol. The molecule has 2 heterocycles. The van der Waals surface area contributed by atoms with Crippen molar-refractivity contribution in [3.8, 4) is 16.3 Å². The monoisotopic (exact) mass is 364 g/mol. The largest absolute Gasteiger partial charge is 0.298 e. The standard InChI is InChI=1S/C15H10BrFN2OS/c1-9-6-11(17)2-3-13(9)19-7-10(8-20)14(18-19)15-12(16)4-5-21-15/h2-8H,1H3. The van der Waals surface area contributed by atoms with Crippen molar-refractivity contribution in [1.82, 2.24) is 9.78 Å². The van der Waals surface area contributed by atoms with Gasteiger partial charge in [0.1, 0.15) is 11.5 Å². The summed E-state index contributed by atoms with van der Waals surface area (Å²) in [5.41, 5.74) is 2.63. The molecule has 106 valence electrons. The lowest BCUT2D eigenvalue weighted by molar-refractivity contribution is 0.112. The minimum atomic E-state index is -0.291. The lowest BCUT2D eigenvalue weighted by Crippen LogP contribution is -1.98. The molecule has 3 rings (SSSR count). The van der Waals surface area contributed by atoms with E-state index in [0.29, 0.717) is 11.3 Å². The molecule has 0 bridgehead atoms. The van der Waals surface area contributed by atoms with Crippen LogP contribution in [-0.4, -0.2) is 16.1 Å². The SMILES string of the molecule is Cc1cc(F)ccc1-n1cc(C=O)c(-c2sccc2Br)n1. The number of hydrogen-bond donors (Lipinski definition) is 0. The molecule has 1 aromatic carbocycles. The predicted octanol–water partition coefficient (Wildman–Crippen LogP) is 4.62. The maximum absolute atomic E-state index is 13.2. The highest BCUT2D eigenvalue weighted by Crippen LogP contribution is 2.34. The molecule has 0 unspecified atom stereocenters. The molecule has 0 aliphatic heterocycles. The van der Waals surface area contributed by atoms with Crippen molar-refractivity contribution in [3.05, 3.63) is 57.3 Å². The topological polar surface area (TPSA) is 34.9 Å². The van der Waals surface area contributed by atoms with E-state index in [9.17, 15) is 9.18 Å². The second-order valence-corrected chi connectivity index (χ2v) is 6.29. The number of carbonyl (C=O) groups is 1. The Balaban J connectivity index is 2.16. The number of aryl methyl sites for hydroxylation is 1. The average Bonchev–Trinajstić information content (AvgIpc) is 3.04. The maximum atomic E-state index is 13.2. The zero-order chi connectivity index (χ0) is 15.0. The zero-order valence-electron chi connectivity index (χ0n) is 11.0. The van der Waals surface area contributed by atoms with E-state index < -0.39 is 0 Å². The summed E-state index contributed by atoms with van der Waals surface area (Å²) in [6.45, 7) is 1.81. The highest BCUT2D eigenvalue weighted by molar-refractivity contribution is 9.10. The van der Waals surface area contributed by atoms with E-state index in [4.69, 9.17) is 0 Å². The fourth-order valence-corrected chi connectivity index (χ4v) is 3.68. The molecule has 3 aromatic rings. The van der Waals surface area contributed by atoms with Gasteiger partial charge in [-0.1, -0.05) is 0 Å². The quantitative estimate of drug-likeness (QED) is 0.635. The van der Waals surface area contributed by atoms with Gasteiger partial charge in [0.2, 0.25) is 0 Å². The van der Waals surface area contributed by atoms with Crippen molar-refractivity contribution in [2.75, 3.05) is 0 Å². The number of nitrogens with zero attached hydrogens (tertiary/aromatic N) is 2. The number of carbonyl (C=O) groups excluding carboxylic acids is 1. The Morgan fingerprint density at radius 3 is 2.81 bits per heavy atom. The van der Waals surface area contributed by atoms with E-state index in [-0.39, 0.29) is 5.82 Å². The van der Waals surface area contributed by atoms with E-state index in [1.165, 1.54) is 23.5 Å². The Bertz CT molecular complexity index is 825. The highest BCUT2D eigenvalue weighted by Gasteiger charge is 2.16.